The van der Waals surface area contributed by atoms with E-state index in [1.54, 1.807) is 6.92 Å². The highest BCUT2D eigenvalue weighted by atomic mass is 16.6. The minimum Gasteiger partial charge on any atom is -0.493 e. The van der Waals surface area contributed by atoms with Crippen molar-refractivity contribution in [3.05, 3.63) is 27.8 Å². The van der Waals surface area contributed by atoms with Gasteiger partial charge < -0.3 is 9.47 Å². The zero-order valence-electron chi connectivity index (χ0n) is 9.81. The second kappa shape index (κ2) is 4.83. The van der Waals surface area contributed by atoms with Crippen LogP contribution in [0.4, 0.5) is 5.69 Å². The van der Waals surface area contributed by atoms with E-state index in [9.17, 15) is 10.1 Å². The first-order chi connectivity index (χ1) is 7.45. The SMILES string of the molecule is COc1cc([N+](=O)[O-])cc(C)c1OC(C)C. The zero-order chi connectivity index (χ0) is 12.3. The maximum Gasteiger partial charge on any atom is 0.273 e. The molecule has 0 amide bonds. The molecule has 0 aromatic heterocycles. The number of methoxy groups -OCH3 is 1. The van der Waals surface area contributed by atoms with E-state index in [4.69, 9.17) is 9.47 Å². The van der Waals surface area contributed by atoms with E-state index in [0.717, 1.165) is 0 Å². The fourth-order valence-corrected chi connectivity index (χ4v) is 1.37. The number of nitro groups is 1. The molecule has 0 aliphatic carbocycles. The lowest BCUT2D eigenvalue weighted by Gasteiger charge is -2.15. The van der Waals surface area contributed by atoms with E-state index in [-0.39, 0.29) is 11.8 Å². The minimum atomic E-state index is -0.450. The summed E-state index contributed by atoms with van der Waals surface area (Å²) in [7, 11) is 1.46. The van der Waals surface area contributed by atoms with Gasteiger partial charge in [-0.2, -0.15) is 0 Å². The molecule has 0 bridgehead atoms. The van der Waals surface area contributed by atoms with Crippen LogP contribution in [0.15, 0.2) is 12.1 Å². The zero-order valence-corrected chi connectivity index (χ0v) is 9.81. The van der Waals surface area contributed by atoms with E-state index >= 15 is 0 Å². The lowest BCUT2D eigenvalue weighted by molar-refractivity contribution is -0.385. The van der Waals surface area contributed by atoms with Crippen LogP contribution >= 0.6 is 0 Å². The van der Waals surface area contributed by atoms with Crippen molar-refractivity contribution in [1.82, 2.24) is 0 Å². The summed E-state index contributed by atoms with van der Waals surface area (Å²) in [5, 5.41) is 10.7. The average molecular weight is 225 g/mol. The van der Waals surface area contributed by atoms with Gasteiger partial charge in [0.2, 0.25) is 0 Å². The first-order valence-corrected chi connectivity index (χ1v) is 4.95. The number of non-ortho nitro benzene ring substituents is 1. The Morgan fingerprint density at radius 1 is 1.38 bits per heavy atom. The molecular formula is C11H15NO4. The highest BCUT2D eigenvalue weighted by molar-refractivity contribution is 5.53. The van der Waals surface area contributed by atoms with Crippen molar-refractivity contribution in [2.75, 3.05) is 7.11 Å². The van der Waals surface area contributed by atoms with E-state index in [0.29, 0.717) is 17.1 Å². The Morgan fingerprint density at radius 2 is 2.00 bits per heavy atom. The smallest absolute Gasteiger partial charge is 0.273 e. The van der Waals surface area contributed by atoms with Gasteiger partial charge in [0.15, 0.2) is 11.5 Å². The van der Waals surface area contributed by atoms with E-state index in [2.05, 4.69) is 0 Å². The number of hydrogen-bond acceptors (Lipinski definition) is 4. The van der Waals surface area contributed by atoms with Crippen LogP contribution in [0.5, 0.6) is 11.5 Å². The van der Waals surface area contributed by atoms with Crippen LogP contribution in [-0.4, -0.2) is 18.1 Å². The number of nitro benzene ring substituents is 1. The van der Waals surface area contributed by atoms with Gasteiger partial charge >= 0.3 is 0 Å². The number of benzene rings is 1. The highest BCUT2D eigenvalue weighted by Gasteiger charge is 2.16. The number of rotatable bonds is 4. The Bertz CT molecular complexity index is 401. The van der Waals surface area contributed by atoms with Crippen molar-refractivity contribution < 1.29 is 14.4 Å². The highest BCUT2D eigenvalue weighted by Crippen LogP contribution is 2.35. The standard InChI is InChI=1S/C11H15NO4/c1-7(2)16-11-8(3)5-9(12(13)14)6-10(11)15-4/h5-7H,1-4H3. The molecule has 0 radical (unpaired) electrons. The Labute approximate surface area is 94.1 Å². The topological polar surface area (TPSA) is 61.6 Å². The molecule has 1 aromatic carbocycles. The third kappa shape index (κ3) is 2.62. The summed E-state index contributed by atoms with van der Waals surface area (Å²) in [5.74, 6) is 0.948. The number of ether oxygens (including phenoxy) is 2. The molecule has 0 N–H and O–H groups in total. The van der Waals surface area contributed by atoms with Gasteiger partial charge in [-0.15, -0.1) is 0 Å². The Balaban J connectivity index is 3.23. The Hall–Kier alpha value is -1.78. The summed E-state index contributed by atoms with van der Waals surface area (Å²) < 4.78 is 10.6. The molecule has 88 valence electrons. The maximum atomic E-state index is 10.7. The molecule has 0 fully saturated rings. The van der Waals surface area contributed by atoms with Crippen LogP contribution in [0, 0.1) is 17.0 Å². The van der Waals surface area contributed by atoms with E-state index in [1.165, 1.54) is 19.2 Å². The number of nitrogens with zero attached hydrogens (tertiary/aromatic N) is 1. The molecule has 1 rings (SSSR count). The second-order valence-electron chi connectivity index (χ2n) is 3.72. The Morgan fingerprint density at radius 3 is 2.44 bits per heavy atom. The summed E-state index contributed by atoms with van der Waals surface area (Å²) in [4.78, 5) is 10.2. The lowest BCUT2D eigenvalue weighted by Crippen LogP contribution is -2.08. The van der Waals surface area contributed by atoms with Crippen LogP contribution in [0.2, 0.25) is 0 Å². The van der Waals surface area contributed by atoms with Crippen LogP contribution in [0.1, 0.15) is 19.4 Å². The molecule has 5 heteroatoms. The summed E-state index contributed by atoms with van der Waals surface area (Å²) >= 11 is 0. The van der Waals surface area contributed by atoms with Gasteiger partial charge in [0.25, 0.3) is 5.69 Å². The molecule has 0 spiro atoms. The van der Waals surface area contributed by atoms with Crippen LogP contribution in [0.3, 0.4) is 0 Å². The van der Waals surface area contributed by atoms with E-state index < -0.39 is 4.92 Å². The first-order valence-electron chi connectivity index (χ1n) is 4.95. The van der Waals surface area contributed by atoms with E-state index in [1.807, 2.05) is 13.8 Å². The number of hydrogen-bond donors (Lipinski definition) is 0. The predicted molar refractivity (Wildman–Crippen MR) is 60.1 cm³/mol. The molecule has 0 aliphatic heterocycles. The molecule has 0 saturated heterocycles. The average Bonchev–Trinajstić information content (AvgIpc) is 2.19. The van der Waals surface area contributed by atoms with Crippen molar-refractivity contribution in [3.63, 3.8) is 0 Å². The molecule has 0 aliphatic rings. The number of aryl methyl sites for hydroxylation is 1. The van der Waals surface area contributed by atoms with Gasteiger partial charge in [0, 0.05) is 11.6 Å². The van der Waals surface area contributed by atoms with Crippen LogP contribution < -0.4 is 9.47 Å². The minimum absolute atomic E-state index is 0.00505. The monoisotopic (exact) mass is 225 g/mol. The van der Waals surface area contributed by atoms with Crippen molar-refractivity contribution in [2.45, 2.75) is 26.9 Å². The van der Waals surface area contributed by atoms with Crippen molar-refractivity contribution in [2.24, 2.45) is 0 Å². The molecule has 0 atom stereocenters. The summed E-state index contributed by atoms with van der Waals surface area (Å²) in [5.41, 5.74) is 0.699. The lowest BCUT2D eigenvalue weighted by atomic mass is 10.2. The van der Waals surface area contributed by atoms with Crippen molar-refractivity contribution in [1.29, 1.82) is 0 Å². The fraction of sp³-hybridized carbons (Fsp3) is 0.455. The predicted octanol–water partition coefficient (Wildman–Crippen LogP) is 2.70. The first kappa shape index (κ1) is 12.3. The molecule has 16 heavy (non-hydrogen) atoms. The largest absolute Gasteiger partial charge is 0.493 e. The fourth-order valence-electron chi connectivity index (χ4n) is 1.37. The van der Waals surface area contributed by atoms with Gasteiger partial charge in [-0.3, -0.25) is 10.1 Å². The summed E-state index contributed by atoms with van der Waals surface area (Å²) in [6.07, 6.45) is -0.00550. The third-order valence-corrected chi connectivity index (χ3v) is 2.01. The summed E-state index contributed by atoms with van der Waals surface area (Å²) in [6, 6.07) is 2.84. The molecular weight excluding hydrogens is 210 g/mol. The van der Waals surface area contributed by atoms with Crippen molar-refractivity contribution >= 4 is 5.69 Å². The Kier molecular flexibility index (Phi) is 3.71. The van der Waals surface area contributed by atoms with Crippen molar-refractivity contribution in [3.8, 4) is 11.5 Å². The van der Waals surface area contributed by atoms with Gasteiger partial charge in [0.05, 0.1) is 24.2 Å². The summed E-state index contributed by atoms with van der Waals surface area (Å²) in [6.45, 7) is 5.54. The van der Waals surface area contributed by atoms with Gasteiger partial charge in [-0.1, -0.05) is 0 Å². The molecule has 5 nitrogen and oxygen atoms in total. The van der Waals surface area contributed by atoms with Crippen LogP contribution in [0.25, 0.3) is 0 Å². The third-order valence-electron chi connectivity index (χ3n) is 2.01. The molecule has 0 unspecified atom stereocenters. The molecule has 1 aromatic rings. The quantitative estimate of drug-likeness (QED) is 0.583. The normalized spacial score (nSPS) is 10.3. The second-order valence-corrected chi connectivity index (χ2v) is 3.72. The molecule has 0 saturated carbocycles. The van der Waals surface area contributed by atoms with Gasteiger partial charge in [0.1, 0.15) is 0 Å². The molecule has 0 heterocycles. The van der Waals surface area contributed by atoms with Gasteiger partial charge in [-0.05, 0) is 20.8 Å². The maximum absolute atomic E-state index is 10.7. The van der Waals surface area contributed by atoms with Crippen LogP contribution in [-0.2, 0) is 0 Å². The van der Waals surface area contributed by atoms with Gasteiger partial charge in [-0.25, -0.2) is 0 Å².